The number of hydrogen-bond donors (Lipinski definition) is 1. The van der Waals surface area contributed by atoms with Gasteiger partial charge in [0.25, 0.3) is 0 Å². The summed E-state index contributed by atoms with van der Waals surface area (Å²) in [5.41, 5.74) is 11.5. The molecule has 0 aliphatic heterocycles. The fourth-order valence-electron chi connectivity index (χ4n) is 2.83. The Hall–Kier alpha value is -1.02. The Balaban J connectivity index is 2.58. The Morgan fingerprint density at radius 1 is 1.19 bits per heavy atom. The van der Waals surface area contributed by atoms with Gasteiger partial charge in [-0.15, -0.1) is 0 Å². The average molecular weight is 219 g/mol. The minimum absolute atomic E-state index is 0.0782. The van der Waals surface area contributed by atoms with Crippen LogP contribution >= 0.6 is 0 Å². The number of rotatable bonds is 2. The molecular formula is C14H21NO. The van der Waals surface area contributed by atoms with E-state index in [2.05, 4.69) is 26.8 Å². The van der Waals surface area contributed by atoms with Crippen molar-refractivity contribution < 1.29 is 4.74 Å². The largest absolute Gasteiger partial charge is 0.496 e. The van der Waals surface area contributed by atoms with Gasteiger partial charge in [0.2, 0.25) is 0 Å². The van der Waals surface area contributed by atoms with Gasteiger partial charge >= 0.3 is 0 Å². The highest BCUT2D eigenvalue weighted by Crippen LogP contribution is 2.43. The van der Waals surface area contributed by atoms with Gasteiger partial charge in [-0.3, -0.25) is 0 Å². The Morgan fingerprint density at radius 2 is 1.81 bits per heavy atom. The van der Waals surface area contributed by atoms with Crippen LogP contribution in [0.4, 0.5) is 0 Å². The van der Waals surface area contributed by atoms with E-state index in [4.69, 9.17) is 10.5 Å². The van der Waals surface area contributed by atoms with Crippen LogP contribution in [-0.4, -0.2) is 7.11 Å². The molecule has 2 N–H and O–H groups in total. The molecule has 88 valence electrons. The first-order valence-corrected chi connectivity index (χ1v) is 5.94. The Morgan fingerprint density at radius 3 is 2.25 bits per heavy atom. The highest BCUT2D eigenvalue weighted by Gasteiger charge is 2.37. The zero-order valence-corrected chi connectivity index (χ0v) is 10.7. The van der Waals surface area contributed by atoms with E-state index in [0.717, 1.165) is 18.6 Å². The van der Waals surface area contributed by atoms with Crippen LogP contribution in [0.1, 0.15) is 41.5 Å². The van der Waals surface area contributed by atoms with Crippen LogP contribution in [0.5, 0.6) is 5.75 Å². The Labute approximate surface area is 97.8 Å². The number of aryl methyl sites for hydroxylation is 1. The highest BCUT2D eigenvalue weighted by molar-refractivity contribution is 5.51. The summed E-state index contributed by atoms with van der Waals surface area (Å²) in [6, 6.07) is 2.12. The normalized spacial score (nSPS) is 18.1. The zero-order chi connectivity index (χ0) is 11.9. The fourth-order valence-corrected chi connectivity index (χ4v) is 2.83. The van der Waals surface area contributed by atoms with E-state index >= 15 is 0 Å². The summed E-state index contributed by atoms with van der Waals surface area (Å²) in [6.45, 7) is 6.41. The molecule has 0 aromatic heterocycles. The van der Waals surface area contributed by atoms with Gasteiger partial charge in [-0.2, -0.15) is 0 Å². The number of benzene rings is 1. The van der Waals surface area contributed by atoms with Crippen molar-refractivity contribution in [2.75, 3.05) is 7.11 Å². The SMILES string of the molecule is COc1cc(C)c(C2(N)CCC2)c(C)c1C. The monoisotopic (exact) mass is 219 g/mol. The van der Waals surface area contributed by atoms with Crippen LogP contribution in [0.3, 0.4) is 0 Å². The minimum Gasteiger partial charge on any atom is -0.496 e. The van der Waals surface area contributed by atoms with Crippen molar-refractivity contribution in [1.29, 1.82) is 0 Å². The van der Waals surface area contributed by atoms with Crippen molar-refractivity contribution in [3.63, 3.8) is 0 Å². The van der Waals surface area contributed by atoms with Crippen molar-refractivity contribution in [2.45, 2.75) is 45.6 Å². The molecule has 1 saturated carbocycles. The molecule has 1 aliphatic rings. The summed E-state index contributed by atoms with van der Waals surface area (Å²) < 4.78 is 5.39. The second-order valence-corrected chi connectivity index (χ2v) is 5.03. The van der Waals surface area contributed by atoms with Gasteiger partial charge < -0.3 is 10.5 Å². The van der Waals surface area contributed by atoms with Gasteiger partial charge in [0.05, 0.1) is 7.11 Å². The molecule has 16 heavy (non-hydrogen) atoms. The lowest BCUT2D eigenvalue weighted by Gasteiger charge is -2.41. The highest BCUT2D eigenvalue weighted by atomic mass is 16.5. The quantitative estimate of drug-likeness (QED) is 0.830. The molecule has 0 heterocycles. The Bertz CT molecular complexity index is 419. The van der Waals surface area contributed by atoms with Crippen LogP contribution in [0.15, 0.2) is 6.07 Å². The molecule has 2 heteroatoms. The molecule has 1 aromatic rings. The van der Waals surface area contributed by atoms with Crippen LogP contribution in [0.25, 0.3) is 0 Å². The molecule has 2 nitrogen and oxygen atoms in total. The zero-order valence-electron chi connectivity index (χ0n) is 10.7. The summed E-state index contributed by atoms with van der Waals surface area (Å²) in [7, 11) is 1.72. The standard InChI is InChI=1S/C14H21NO/c1-9-8-12(16-4)10(2)11(3)13(9)14(15)6-5-7-14/h8H,5-7,15H2,1-4H3. The fraction of sp³-hybridized carbons (Fsp3) is 0.571. The maximum absolute atomic E-state index is 6.45. The van der Waals surface area contributed by atoms with Crippen LogP contribution < -0.4 is 10.5 Å². The number of ether oxygens (including phenoxy) is 1. The van der Waals surface area contributed by atoms with E-state index in [1.165, 1.54) is 28.7 Å². The van der Waals surface area contributed by atoms with Crippen LogP contribution in [-0.2, 0) is 5.54 Å². The molecule has 0 saturated heterocycles. The van der Waals surface area contributed by atoms with Crippen molar-refractivity contribution >= 4 is 0 Å². The average Bonchev–Trinajstić information content (AvgIpc) is 2.21. The summed E-state index contributed by atoms with van der Waals surface area (Å²) in [5, 5.41) is 0. The first-order chi connectivity index (χ1) is 7.49. The third kappa shape index (κ3) is 1.52. The summed E-state index contributed by atoms with van der Waals surface area (Å²) in [4.78, 5) is 0. The second-order valence-electron chi connectivity index (χ2n) is 5.03. The molecule has 0 unspecified atom stereocenters. The van der Waals surface area contributed by atoms with Gasteiger partial charge in [-0.25, -0.2) is 0 Å². The lowest BCUT2D eigenvalue weighted by molar-refractivity contribution is 0.251. The van der Waals surface area contributed by atoms with Crippen molar-refractivity contribution in [3.05, 3.63) is 28.3 Å². The van der Waals surface area contributed by atoms with E-state index in [-0.39, 0.29) is 5.54 Å². The lowest BCUT2D eigenvalue weighted by atomic mass is 9.69. The smallest absolute Gasteiger partial charge is 0.122 e. The minimum atomic E-state index is -0.0782. The van der Waals surface area contributed by atoms with Gasteiger partial charge in [-0.05, 0) is 68.4 Å². The number of methoxy groups -OCH3 is 1. The van der Waals surface area contributed by atoms with Crippen LogP contribution in [0, 0.1) is 20.8 Å². The molecule has 0 amide bonds. The summed E-state index contributed by atoms with van der Waals surface area (Å²) in [5.74, 6) is 0.974. The predicted octanol–water partition coefficient (Wildman–Crippen LogP) is 2.96. The maximum Gasteiger partial charge on any atom is 0.122 e. The molecule has 2 rings (SSSR count). The van der Waals surface area contributed by atoms with Gasteiger partial charge in [0.1, 0.15) is 5.75 Å². The molecule has 1 aliphatic carbocycles. The van der Waals surface area contributed by atoms with Gasteiger partial charge in [0.15, 0.2) is 0 Å². The second kappa shape index (κ2) is 3.77. The number of hydrogen-bond acceptors (Lipinski definition) is 2. The number of nitrogens with two attached hydrogens (primary N) is 1. The van der Waals surface area contributed by atoms with Gasteiger partial charge in [-0.1, -0.05) is 0 Å². The molecule has 0 atom stereocenters. The first-order valence-electron chi connectivity index (χ1n) is 5.94. The van der Waals surface area contributed by atoms with Crippen molar-refractivity contribution in [1.82, 2.24) is 0 Å². The molecule has 0 spiro atoms. The van der Waals surface area contributed by atoms with Crippen LogP contribution in [0.2, 0.25) is 0 Å². The van der Waals surface area contributed by atoms with Gasteiger partial charge in [0, 0.05) is 5.54 Å². The van der Waals surface area contributed by atoms with Crippen molar-refractivity contribution in [3.8, 4) is 5.75 Å². The topological polar surface area (TPSA) is 35.2 Å². The molecule has 1 aromatic carbocycles. The third-order valence-electron chi connectivity index (χ3n) is 4.01. The van der Waals surface area contributed by atoms with Crippen molar-refractivity contribution in [2.24, 2.45) is 5.73 Å². The molecule has 0 radical (unpaired) electrons. The maximum atomic E-state index is 6.45. The van der Waals surface area contributed by atoms with E-state index in [9.17, 15) is 0 Å². The molecule has 0 bridgehead atoms. The van der Waals surface area contributed by atoms with E-state index in [1.807, 2.05) is 0 Å². The molecule has 1 fully saturated rings. The summed E-state index contributed by atoms with van der Waals surface area (Å²) in [6.07, 6.45) is 3.47. The van der Waals surface area contributed by atoms with E-state index in [1.54, 1.807) is 7.11 Å². The summed E-state index contributed by atoms with van der Waals surface area (Å²) >= 11 is 0. The van der Waals surface area contributed by atoms with E-state index in [0.29, 0.717) is 0 Å². The predicted molar refractivity (Wildman–Crippen MR) is 66.9 cm³/mol. The first kappa shape index (κ1) is 11.5. The molecular weight excluding hydrogens is 198 g/mol. The lowest BCUT2D eigenvalue weighted by Crippen LogP contribution is -2.44. The van der Waals surface area contributed by atoms with E-state index < -0.39 is 0 Å². The third-order valence-corrected chi connectivity index (χ3v) is 4.01. The Kier molecular flexibility index (Phi) is 2.70.